The molecule has 0 spiro atoms. The van der Waals surface area contributed by atoms with Crippen molar-refractivity contribution in [1.29, 1.82) is 0 Å². The summed E-state index contributed by atoms with van der Waals surface area (Å²) in [6.45, 7) is 11.1. The Morgan fingerprint density at radius 2 is 1.61 bits per heavy atom. The fourth-order valence-corrected chi connectivity index (χ4v) is 4.05. The van der Waals surface area contributed by atoms with E-state index in [9.17, 15) is 9.59 Å². The van der Waals surface area contributed by atoms with Crippen LogP contribution in [0.4, 0.5) is 5.69 Å². The lowest BCUT2D eigenvalue weighted by Gasteiger charge is -2.25. The number of carbonyl (C=O) groups excluding carboxylic acids is 2. The first kappa shape index (κ1) is 23.0. The van der Waals surface area contributed by atoms with Gasteiger partial charge in [0.05, 0.1) is 12.6 Å². The summed E-state index contributed by atoms with van der Waals surface area (Å²) in [5.74, 6) is 0.243. The molecule has 1 fully saturated rings. The number of hydrogen-bond acceptors (Lipinski definition) is 2. The molecule has 1 aliphatic carbocycles. The number of nitrogens with one attached hydrogen (secondary N) is 3. The van der Waals surface area contributed by atoms with Gasteiger partial charge in [-0.1, -0.05) is 56.3 Å². The van der Waals surface area contributed by atoms with Crippen molar-refractivity contribution in [2.24, 2.45) is 0 Å². The molecule has 0 radical (unpaired) electrons. The van der Waals surface area contributed by atoms with Crippen molar-refractivity contribution in [2.45, 2.75) is 72.0 Å². The highest BCUT2D eigenvalue weighted by molar-refractivity contribution is 5.96. The first-order valence-corrected chi connectivity index (χ1v) is 11.3. The van der Waals surface area contributed by atoms with Gasteiger partial charge in [0, 0.05) is 24.1 Å². The van der Waals surface area contributed by atoms with Gasteiger partial charge in [0.25, 0.3) is 5.91 Å². The first-order valence-electron chi connectivity index (χ1n) is 11.3. The Morgan fingerprint density at radius 1 is 1.00 bits per heavy atom. The molecule has 5 heteroatoms. The number of carbonyl (C=O) groups is 2. The van der Waals surface area contributed by atoms with Crippen LogP contribution in [0, 0.1) is 13.8 Å². The van der Waals surface area contributed by atoms with Crippen molar-refractivity contribution < 1.29 is 14.5 Å². The highest BCUT2D eigenvalue weighted by Crippen LogP contribution is 2.19. The SMILES string of the molecule is Cc1cccc(C)c1NC(=O)CNC(=O)[C@@H](C)[NH+](Cc1ccc(C(C)C)cc1)C1CC1. The lowest BCUT2D eigenvalue weighted by atomic mass is 10.0. The summed E-state index contributed by atoms with van der Waals surface area (Å²) < 4.78 is 0. The number of benzene rings is 2. The molecule has 166 valence electrons. The van der Waals surface area contributed by atoms with Gasteiger partial charge >= 0.3 is 0 Å². The Labute approximate surface area is 186 Å². The smallest absolute Gasteiger partial charge is 0.278 e. The highest BCUT2D eigenvalue weighted by atomic mass is 16.2. The third-order valence-corrected chi connectivity index (χ3v) is 6.27. The van der Waals surface area contributed by atoms with Crippen LogP contribution >= 0.6 is 0 Å². The fourth-order valence-electron chi connectivity index (χ4n) is 4.05. The molecule has 1 aliphatic rings. The quantitative estimate of drug-likeness (QED) is 0.581. The van der Waals surface area contributed by atoms with Gasteiger partial charge in [-0.25, -0.2) is 0 Å². The number of para-hydroxylation sites is 1. The molecule has 0 heterocycles. The Bertz CT molecular complexity index is 896. The molecular weight excluding hydrogens is 386 g/mol. The van der Waals surface area contributed by atoms with Crippen LogP contribution < -0.4 is 15.5 Å². The maximum atomic E-state index is 12.8. The molecule has 3 rings (SSSR count). The van der Waals surface area contributed by atoms with E-state index >= 15 is 0 Å². The Balaban J connectivity index is 1.56. The number of rotatable bonds is 9. The summed E-state index contributed by atoms with van der Waals surface area (Å²) in [5.41, 5.74) is 5.43. The monoisotopic (exact) mass is 422 g/mol. The van der Waals surface area contributed by atoms with Gasteiger partial charge in [-0.15, -0.1) is 0 Å². The summed E-state index contributed by atoms with van der Waals surface area (Å²) in [5, 5.41) is 5.77. The second kappa shape index (κ2) is 10.1. The minimum absolute atomic E-state index is 0.0159. The maximum Gasteiger partial charge on any atom is 0.278 e. The number of hydrogen-bond donors (Lipinski definition) is 3. The summed E-state index contributed by atoms with van der Waals surface area (Å²) in [6, 6.07) is 15.0. The van der Waals surface area contributed by atoms with Gasteiger partial charge in [-0.3, -0.25) is 9.59 Å². The third kappa shape index (κ3) is 6.17. The van der Waals surface area contributed by atoms with Crippen LogP contribution in [0.3, 0.4) is 0 Å². The lowest BCUT2D eigenvalue weighted by molar-refractivity contribution is -0.938. The van der Waals surface area contributed by atoms with Crippen LogP contribution in [0.25, 0.3) is 0 Å². The van der Waals surface area contributed by atoms with E-state index in [1.165, 1.54) is 16.0 Å². The summed E-state index contributed by atoms with van der Waals surface area (Å²) in [4.78, 5) is 26.5. The van der Waals surface area contributed by atoms with Crippen LogP contribution in [0.15, 0.2) is 42.5 Å². The lowest BCUT2D eigenvalue weighted by Crippen LogP contribution is -3.16. The predicted molar refractivity (Wildman–Crippen MR) is 125 cm³/mol. The van der Waals surface area contributed by atoms with Crippen molar-refractivity contribution >= 4 is 17.5 Å². The average Bonchev–Trinajstić information content (AvgIpc) is 3.58. The molecule has 0 bridgehead atoms. The van der Waals surface area contributed by atoms with Gasteiger partial charge in [0.2, 0.25) is 5.91 Å². The number of aryl methyl sites for hydroxylation is 2. The molecule has 2 aromatic carbocycles. The van der Waals surface area contributed by atoms with Crippen molar-refractivity contribution in [3.05, 3.63) is 64.7 Å². The molecule has 2 atom stereocenters. The van der Waals surface area contributed by atoms with Gasteiger partial charge in [0.1, 0.15) is 6.54 Å². The Morgan fingerprint density at radius 3 is 2.16 bits per heavy atom. The molecular formula is C26H36N3O2+. The van der Waals surface area contributed by atoms with Crippen LogP contribution in [-0.2, 0) is 16.1 Å². The van der Waals surface area contributed by atoms with E-state index < -0.39 is 0 Å². The normalized spacial score (nSPS) is 15.4. The topological polar surface area (TPSA) is 62.6 Å². The molecule has 2 amide bonds. The number of quaternary nitrogens is 1. The van der Waals surface area contributed by atoms with Crippen molar-refractivity contribution in [3.8, 4) is 0 Å². The second-order valence-corrected chi connectivity index (χ2v) is 9.18. The second-order valence-electron chi connectivity index (χ2n) is 9.18. The minimum atomic E-state index is -0.203. The zero-order valence-electron chi connectivity index (χ0n) is 19.4. The first-order chi connectivity index (χ1) is 14.8. The van der Waals surface area contributed by atoms with Crippen LogP contribution in [0.1, 0.15) is 61.8 Å². The molecule has 5 nitrogen and oxygen atoms in total. The molecule has 3 N–H and O–H groups in total. The van der Waals surface area contributed by atoms with Crippen molar-refractivity contribution in [3.63, 3.8) is 0 Å². The average molecular weight is 423 g/mol. The van der Waals surface area contributed by atoms with Crippen LogP contribution in [-0.4, -0.2) is 30.4 Å². The summed E-state index contributed by atoms with van der Waals surface area (Å²) in [6.07, 6.45) is 2.31. The molecule has 1 saturated carbocycles. The van der Waals surface area contributed by atoms with E-state index in [2.05, 4.69) is 48.7 Å². The molecule has 0 aromatic heterocycles. The van der Waals surface area contributed by atoms with Gasteiger partial charge < -0.3 is 15.5 Å². The molecule has 1 unspecified atom stereocenters. The number of amides is 2. The van der Waals surface area contributed by atoms with Gasteiger partial charge in [-0.2, -0.15) is 0 Å². The minimum Gasteiger partial charge on any atom is -0.342 e. The van der Waals surface area contributed by atoms with E-state index in [1.807, 2.05) is 39.0 Å². The third-order valence-electron chi connectivity index (χ3n) is 6.27. The van der Waals surface area contributed by atoms with E-state index in [1.54, 1.807) is 0 Å². The van der Waals surface area contributed by atoms with E-state index in [-0.39, 0.29) is 24.4 Å². The van der Waals surface area contributed by atoms with Crippen molar-refractivity contribution in [1.82, 2.24) is 5.32 Å². The molecule has 0 saturated heterocycles. The predicted octanol–water partition coefficient (Wildman–Crippen LogP) is 3.12. The van der Waals surface area contributed by atoms with Crippen LogP contribution in [0.5, 0.6) is 0 Å². The standard InChI is InChI=1S/C26H35N3O2/c1-17(2)22-11-9-21(10-12-22)16-29(23-13-14-23)20(5)26(31)27-15-24(30)28-25-18(3)7-6-8-19(25)4/h6-12,17,20,23H,13-16H2,1-5H3,(H,27,31)(H,28,30)/p+1/t20-/m1/s1. The van der Waals surface area contributed by atoms with Gasteiger partial charge in [0.15, 0.2) is 6.04 Å². The molecule has 0 aliphatic heterocycles. The van der Waals surface area contributed by atoms with Crippen molar-refractivity contribution in [2.75, 3.05) is 11.9 Å². The van der Waals surface area contributed by atoms with E-state index in [0.29, 0.717) is 12.0 Å². The molecule has 2 aromatic rings. The summed E-state index contributed by atoms with van der Waals surface area (Å²) in [7, 11) is 0. The Kier molecular flexibility index (Phi) is 7.50. The van der Waals surface area contributed by atoms with E-state index in [4.69, 9.17) is 0 Å². The molecule has 31 heavy (non-hydrogen) atoms. The van der Waals surface area contributed by atoms with Crippen LogP contribution in [0.2, 0.25) is 0 Å². The van der Waals surface area contributed by atoms with E-state index in [0.717, 1.165) is 36.2 Å². The zero-order chi connectivity index (χ0) is 22.5. The van der Waals surface area contributed by atoms with Gasteiger partial charge in [-0.05, 0) is 43.4 Å². The maximum absolute atomic E-state index is 12.8. The number of anilines is 1. The Hall–Kier alpha value is -2.66. The largest absolute Gasteiger partial charge is 0.342 e. The summed E-state index contributed by atoms with van der Waals surface area (Å²) >= 11 is 0. The zero-order valence-corrected chi connectivity index (χ0v) is 19.4. The fraction of sp³-hybridized carbons (Fsp3) is 0.462. The highest BCUT2D eigenvalue weighted by Gasteiger charge is 2.39.